The summed E-state index contributed by atoms with van der Waals surface area (Å²) in [7, 11) is 0. The monoisotopic (exact) mass is 395 g/mol. The van der Waals surface area contributed by atoms with E-state index in [0.717, 1.165) is 11.1 Å². The molecule has 0 aromatic heterocycles. The molecule has 6 heteroatoms. The van der Waals surface area contributed by atoms with Crippen LogP contribution in [0.2, 0.25) is 0 Å². The minimum atomic E-state index is -0.676. The van der Waals surface area contributed by atoms with E-state index in [0.29, 0.717) is 12.0 Å². The van der Waals surface area contributed by atoms with Gasteiger partial charge in [0.2, 0.25) is 5.91 Å². The summed E-state index contributed by atoms with van der Waals surface area (Å²) in [5, 5.41) is 14.0. The summed E-state index contributed by atoms with van der Waals surface area (Å²) in [5.41, 5.74) is 2.46. The second-order valence-electron chi connectivity index (χ2n) is 6.84. The van der Waals surface area contributed by atoms with Crippen LogP contribution in [0, 0.1) is 17.2 Å². The Labute approximate surface area is 170 Å². The van der Waals surface area contributed by atoms with Gasteiger partial charge in [-0.3, -0.25) is 9.59 Å². The largest absolute Gasteiger partial charge is 0.341 e. The molecular weight excluding hydrogens is 370 g/mol. The van der Waals surface area contributed by atoms with Crippen LogP contribution >= 0.6 is 11.8 Å². The van der Waals surface area contributed by atoms with E-state index in [1.165, 1.54) is 4.90 Å². The molecule has 1 atom stereocenters. The summed E-state index contributed by atoms with van der Waals surface area (Å²) in [5.74, 6) is -0.424. The predicted molar refractivity (Wildman–Crippen MR) is 113 cm³/mol. The Balaban J connectivity index is 2.17. The average molecular weight is 396 g/mol. The molecule has 0 bridgehead atoms. The van der Waals surface area contributed by atoms with E-state index >= 15 is 0 Å². The molecule has 28 heavy (non-hydrogen) atoms. The molecule has 2 amide bonds. The van der Waals surface area contributed by atoms with Crippen LogP contribution in [0.5, 0.6) is 0 Å². The molecule has 0 aliphatic heterocycles. The van der Waals surface area contributed by atoms with Crippen LogP contribution in [-0.4, -0.2) is 30.7 Å². The minimum Gasteiger partial charge on any atom is -0.341 e. The maximum absolute atomic E-state index is 12.7. The van der Waals surface area contributed by atoms with Crippen molar-refractivity contribution < 1.29 is 9.59 Å². The third kappa shape index (κ3) is 6.14. The zero-order valence-corrected chi connectivity index (χ0v) is 17.2. The Morgan fingerprint density at radius 3 is 2.43 bits per heavy atom. The molecule has 2 aromatic rings. The highest BCUT2D eigenvalue weighted by molar-refractivity contribution is 7.98. The highest BCUT2D eigenvalue weighted by Gasteiger charge is 2.22. The third-order valence-corrected chi connectivity index (χ3v) is 4.96. The molecule has 2 aromatic carbocycles. The van der Waals surface area contributed by atoms with Gasteiger partial charge in [0.05, 0.1) is 6.07 Å². The number of benzene rings is 2. The van der Waals surface area contributed by atoms with Crippen molar-refractivity contribution in [2.45, 2.75) is 31.2 Å². The van der Waals surface area contributed by atoms with E-state index < -0.39 is 6.04 Å². The number of rotatable bonds is 8. The van der Waals surface area contributed by atoms with Crippen LogP contribution in [0.15, 0.2) is 53.4 Å². The van der Waals surface area contributed by atoms with Crippen LogP contribution < -0.4 is 10.6 Å². The molecule has 0 fully saturated rings. The van der Waals surface area contributed by atoms with E-state index in [1.54, 1.807) is 17.8 Å². The second kappa shape index (κ2) is 10.5. The lowest BCUT2D eigenvalue weighted by Crippen LogP contribution is -2.47. The Kier molecular flexibility index (Phi) is 8.09. The van der Waals surface area contributed by atoms with Crippen molar-refractivity contribution >= 4 is 23.6 Å². The first-order valence-corrected chi connectivity index (χ1v) is 10.4. The van der Waals surface area contributed by atoms with Crippen molar-refractivity contribution in [1.29, 1.82) is 5.26 Å². The van der Waals surface area contributed by atoms with Gasteiger partial charge in [0.25, 0.3) is 5.91 Å². The fraction of sp³-hybridized carbons (Fsp3) is 0.318. The van der Waals surface area contributed by atoms with Gasteiger partial charge in [-0.2, -0.15) is 5.26 Å². The van der Waals surface area contributed by atoms with Crippen molar-refractivity contribution in [3.8, 4) is 17.2 Å². The molecule has 2 rings (SSSR count). The van der Waals surface area contributed by atoms with Crippen molar-refractivity contribution in [2.24, 2.45) is 5.92 Å². The Hall–Kier alpha value is -2.78. The molecule has 0 radical (unpaired) electrons. The van der Waals surface area contributed by atoms with Crippen molar-refractivity contribution in [3.05, 3.63) is 54.1 Å². The molecule has 0 spiro atoms. The van der Waals surface area contributed by atoms with Crippen LogP contribution in [0.3, 0.4) is 0 Å². The van der Waals surface area contributed by atoms with Crippen LogP contribution in [-0.2, 0) is 4.79 Å². The van der Waals surface area contributed by atoms with Crippen LogP contribution in [0.1, 0.15) is 30.6 Å². The molecule has 0 unspecified atom stereocenters. The standard InChI is InChI=1S/C22H25N3O2S/c1-15(2)13-20(22(27)24-12-11-23)25-21(26)18-6-4-5-17(14-18)16-7-9-19(28-3)10-8-16/h4-10,14-15,20H,12-13H2,1-3H3,(H,24,27)(H,25,26)/t20-/m0/s1. The van der Waals surface area contributed by atoms with E-state index in [1.807, 2.05) is 68.6 Å². The number of hydrogen-bond acceptors (Lipinski definition) is 4. The number of nitrogens with one attached hydrogen (secondary N) is 2. The number of nitriles is 1. The second-order valence-corrected chi connectivity index (χ2v) is 7.72. The average Bonchev–Trinajstić information content (AvgIpc) is 2.71. The van der Waals surface area contributed by atoms with Crippen molar-refractivity contribution in [2.75, 3.05) is 12.8 Å². The molecule has 0 saturated carbocycles. The fourth-order valence-electron chi connectivity index (χ4n) is 2.82. The van der Waals surface area contributed by atoms with Gasteiger partial charge < -0.3 is 10.6 Å². The van der Waals surface area contributed by atoms with Crippen LogP contribution in [0.4, 0.5) is 0 Å². The van der Waals surface area contributed by atoms with Crippen molar-refractivity contribution in [3.63, 3.8) is 0 Å². The zero-order valence-electron chi connectivity index (χ0n) is 16.4. The molecule has 0 saturated heterocycles. The highest BCUT2D eigenvalue weighted by atomic mass is 32.2. The maximum atomic E-state index is 12.7. The van der Waals surface area contributed by atoms with E-state index in [4.69, 9.17) is 5.26 Å². The molecule has 0 aliphatic rings. The highest BCUT2D eigenvalue weighted by Crippen LogP contribution is 2.24. The molecule has 5 nitrogen and oxygen atoms in total. The summed E-state index contributed by atoms with van der Waals surface area (Å²) in [6.07, 6.45) is 2.53. The molecule has 0 aliphatic carbocycles. The minimum absolute atomic E-state index is 0.0785. The molecule has 2 N–H and O–H groups in total. The molecule has 0 heterocycles. The van der Waals surface area contributed by atoms with E-state index in [-0.39, 0.29) is 24.3 Å². The quantitative estimate of drug-likeness (QED) is 0.525. The third-order valence-electron chi connectivity index (χ3n) is 4.22. The first-order chi connectivity index (χ1) is 13.4. The predicted octanol–water partition coefficient (Wildman–Crippen LogP) is 3.86. The first-order valence-electron chi connectivity index (χ1n) is 9.14. The normalized spacial score (nSPS) is 11.5. The number of carbonyl (C=O) groups is 2. The Morgan fingerprint density at radius 1 is 1.11 bits per heavy atom. The van der Waals surface area contributed by atoms with Gasteiger partial charge in [-0.15, -0.1) is 11.8 Å². The van der Waals surface area contributed by atoms with Gasteiger partial charge in [-0.1, -0.05) is 38.1 Å². The SMILES string of the molecule is CSc1ccc(-c2cccc(C(=O)N[C@@H](CC(C)C)C(=O)NCC#N)c2)cc1. The fourth-order valence-corrected chi connectivity index (χ4v) is 3.23. The van der Waals surface area contributed by atoms with E-state index in [2.05, 4.69) is 10.6 Å². The van der Waals surface area contributed by atoms with Crippen molar-refractivity contribution in [1.82, 2.24) is 10.6 Å². The zero-order chi connectivity index (χ0) is 20.5. The van der Waals surface area contributed by atoms with Crippen LogP contribution in [0.25, 0.3) is 11.1 Å². The maximum Gasteiger partial charge on any atom is 0.251 e. The number of thioether (sulfide) groups is 1. The summed E-state index contributed by atoms with van der Waals surface area (Å²) in [6.45, 7) is 3.88. The summed E-state index contributed by atoms with van der Waals surface area (Å²) < 4.78 is 0. The topological polar surface area (TPSA) is 82.0 Å². The lowest BCUT2D eigenvalue weighted by molar-refractivity contribution is -0.123. The smallest absolute Gasteiger partial charge is 0.251 e. The van der Waals surface area contributed by atoms with Gasteiger partial charge in [0.1, 0.15) is 12.6 Å². The lowest BCUT2D eigenvalue weighted by Gasteiger charge is -2.19. The van der Waals surface area contributed by atoms with Gasteiger partial charge in [0.15, 0.2) is 0 Å². The van der Waals surface area contributed by atoms with Gasteiger partial charge in [-0.25, -0.2) is 0 Å². The van der Waals surface area contributed by atoms with Gasteiger partial charge in [-0.05, 0) is 54.0 Å². The summed E-state index contributed by atoms with van der Waals surface area (Å²) in [4.78, 5) is 26.2. The van der Waals surface area contributed by atoms with Gasteiger partial charge in [0, 0.05) is 10.5 Å². The van der Waals surface area contributed by atoms with Gasteiger partial charge >= 0.3 is 0 Å². The summed E-state index contributed by atoms with van der Waals surface area (Å²) >= 11 is 1.68. The Morgan fingerprint density at radius 2 is 1.82 bits per heavy atom. The van der Waals surface area contributed by atoms with E-state index in [9.17, 15) is 9.59 Å². The number of amides is 2. The number of hydrogen-bond donors (Lipinski definition) is 2. The molecule has 146 valence electrons. The number of nitrogens with zero attached hydrogens (tertiary/aromatic N) is 1. The molecular formula is C22H25N3O2S. The Bertz CT molecular complexity index is 857. The first kappa shape index (κ1) is 21.5. The summed E-state index contributed by atoms with van der Waals surface area (Å²) in [6, 6.07) is 16.7. The lowest BCUT2D eigenvalue weighted by atomic mass is 10.0. The number of carbonyl (C=O) groups excluding carboxylic acids is 2.